The van der Waals surface area contributed by atoms with Gasteiger partial charge in [0.15, 0.2) is 5.82 Å². The molecule has 1 saturated heterocycles. The predicted molar refractivity (Wildman–Crippen MR) is 102 cm³/mol. The molecule has 7 heteroatoms. The Kier molecular flexibility index (Phi) is 4.67. The van der Waals surface area contributed by atoms with Gasteiger partial charge in [-0.1, -0.05) is 28.1 Å². The monoisotopic (exact) mass is 399 g/mol. The number of hydrogen-bond acceptors (Lipinski definition) is 5. The first-order valence-electron chi connectivity index (χ1n) is 8.16. The molecule has 0 radical (unpaired) electrons. The first kappa shape index (κ1) is 16.1. The zero-order valence-corrected chi connectivity index (χ0v) is 15.2. The second kappa shape index (κ2) is 7.25. The average molecular weight is 400 g/mol. The Morgan fingerprint density at radius 3 is 2.44 bits per heavy atom. The van der Waals surface area contributed by atoms with Crippen molar-refractivity contribution in [1.82, 2.24) is 15.2 Å². The predicted octanol–water partition coefficient (Wildman–Crippen LogP) is 3.81. The summed E-state index contributed by atoms with van der Waals surface area (Å²) >= 11 is 3.43. The van der Waals surface area contributed by atoms with Gasteiger partial charge in [-0.25, -0.2) is 0 Å². The zero-order chi connectivity index (χ0) is 17.1. The maximum absolute atomic E-state index is 5.39. The number of rotatable bonds is 4. The van der Waals surface area contributed by atoms with Crippen LogP contribution in [0.15, 0.2) is 53.0 Å². The molecule has 2 N–H and O–H groups in total. The third-order valence-corrected chi connectivity index (χ3v) is 4.63. The van der Waals surface area contributed by atoms with Crippen LogP contribution in [0.2, 0.25) is 0 Å². The molecule has 1 aromatic heterocycles. The van der Waals surface area contributed by atoms with Crippen LogP contribution in [0, 0.1) is 0 Å². The summed E-state index contributed by atoms with van der Waals surface area (Å²) in [5, 5.41) is 10.4. The van der Waals surface area contributed by atoms with Gasteiger partial charge in [0.1, 0.15) is 0 Å². The quantitative estimate of drug-likeness (QED) is 0.697. The minimum absolute atomic E-state index is 0.553. The maximum Gasteiger partial charge on any atom is 0.246 e. The van der Waals surface area contributed by atoms with Gasteiger partial charge >= 0.3 is 0 Å². The number of halogens is 1. The Morgan fingerprint density at radius 1 is 1.00 bits per heavy atom. The molecular formula is C18H18BrN5O. The SMILES string of the molecule is Brc1ccc(-c2nc(Nc3ccc(N4CCOCC4)cc3)n[nH]2)cc1. The summed E-state index contributed by atoms with van der Waals surface area (Å²) in [7, 11) is 0. The van der Waals surface area contributed by atoms with Crippen molar-refractivity contribution in [2.24, 2.45) is 0 Å². The molecule has 128 valence electrons. The number of morpholine rings is 1. The van der Waals surface area contributed by atoms with E-state index in [9.17, 15) is 0 Å². The molecule has 1 aliphatic heterocycles. The van der Waals surface area contributed by atoms with Crippen molar-refractivity contribution in [2.75, 3.05) is 36.5 Å². The van der Waals surface area contributed by atoms with Crippen molar-refractivity contribution >= 4 is 33.3 Å². The van der Waals surface area contributed by atoms with Crippen LogP contribution >= 0.6 is 15.9 Å². The molecule has 0 atom stereocenters. The van der Waals surface area contributed by atoms with Crippen molar-refractivity contribution in [3.05, 3.63) is 53.0 Å². The Bertz CT molecular complexity index is 825. The molecule has 1 fully saturated rings. The molecule has 3 aromatic rings. The fraction of sp³-hybridized carbons (Fsp3) is 0.222. The van der Waals surface area contributed by atoms with Gasteiger partial charge in [-0.2, -0.15) is 4.98 Å². The van der Waals surface area contributed by atoms with Crippen molar-refractivity contribution in [2.45, 2.75) is 0 Å². The molecule has 0 aliphatic carbocycles. The van der Waals surface area contributed by atoms with Crippen LogP contribution in [0.1, 0.15) is 0 Å². The fourth-order valence-electron chi connectivity index (χ4n) is 2.76. The summed E-state index contributed by atoms with van der Waals surface area (Å²) in [6.07, 6.45) is 0. The molecule has 2 aromatic carbocycles. The van der Waals surface area contributed by atoms with Gasteiger partial charge in [-0.15, -0.1) is 5.10 Å². The standard InChI is InChI=1S/C18H18BrN5O/c19-14-3-1-13(2-4-14)17-21-18(23-22-17)20-15-5-7-16(8-6-15)24-9-11-25-12-10-24/h1-8H,9-12H2,(H2,20,21,22,23). The number of aromatic amines is 1. The Balaban J connectivity index is 1.44. The first-order valence-corrected chi connectivity index (χ1v) is 8.95. The van der Waals surface area contributed by atoms with Crippen molar-refractivity contribution in [3.63, 3.8) is 0 Å². The largest absolute Gasteiger partial charge is 0.378 e. The van der Waals surface area contributed by atoms with Crippen LogP contribution in [0.25, 0.3) is 11.4 Å². The maximum atomic E-state index is 5.39. The number of benzene rings is 2. The number of hydrogen-bond donors (Lipinski definition) is 2. The number of ether oxygens (including phenoxy) is 1. The van der Waals surface area contributed by atoms with E-state index in [-0.39, 0.29) is 0 Å². The summed E-state index contributed by atoms with van der Waals surface area (Å²) < 4.78 is 6.43. The first-order chi connectivity index (χ1) is 12.3. The van der Waals surface area contributed by atoms with Gasteiger partial charge in [0.25, 0.3) is 0 Å². The molecule has 0 saturated carbocycles. The molecule has 0 amide bonds. The summed E-state index contributed by atoms with van der Waals surface area (Å²) in [5.74, 6) is 1.29. The number of H-pyrrole nitrogens is 1. The highest BCUT2D eigenvalue weighted by molar-refractivity contribution is 9.10. The minimum Gasteiger partial charge on any atom is -0.378 e. The Hall–Kier alpha value is -2.38. The fourth-order valence-corrected chi connectivity index (χ4v) is 3.03. The zero-order valence-electron chi connectivity index (χ0n) is 13.6. The number of aromatic nitrogens is 3. The Morgan fingerprint density at radius 2 is 1.72 bits per heavy atom. The Labute approximate surface area is 154 Å². The molecule has 4 rings (SSSR count). The van der Waals surface area contributed by atoms with Crippen molar-refractivity contribution < 1.29 is 4.74 Å². The van der Waals surface area contributed by atoms with Crippen molar-refractivity contribution in [1.29, 1.82) is 0 Å². The van der Waals surface area contributed by atoms with Crippen LogP contribution in [-0.2, 0) is 4.74 Å². The van der Waals surface area contributed by atoms with E-state index in [1.165, 1.54) is 5.69 Å². The van der Waals surface area contributed by atoms with Crippen molar-refractivity contribution in [3.8, 4) is 11.4 Å². The van der Waals surface area contributed by atoms with E-state index in [0.29, 0.717) is 5.95 Å². The third kappa shape index (κ3) is 3.83. The van der Waals surface area contributed by atoms with Gasteiger partial charge in [0, 0.05) is 34.5 Å². The van der Waals surface area contributed by atoms with Crippen LogP contribution in [0.4, 0.5) is 17.3 Å². The van der Waals surface area contributed by atoms with Gasteiger partial charge in [-0.05, 0) is 36.4 Å². The van der Waals surface area contributed by atoms with E-state index in [4.69, 9.17) is 4.74 Å². The van der Waals surface area contributed by atoms with E-state index in [0.717, 1.165) is 47.9 Å². The molecule has 25 heavy (non-hydrogen) atoms. The highest BCUT2D eigenvalue weighted by Gasteiger charge is 2.11. The minimum atomic E-state index is 0.553. The molecular weight excluding hydrogens is 382 g/mol. The van der Waals surface area contributed by atoms with Gasteiger partial charge in [-0.3, -0.25) is 5.10 Å². The van der Waals surface area contributed by atoms with Crippen LogP contribution in [0.5, 0.6) is 0 Å². The van der Waals surface area contributed by atoms with Crippen LogP contribution in [0.3, 0.4) is 0 Å². The van der Waals surface area contributed by atoms with Crippen LogP contribution in [-0.4, -0.2) is 41.5 Å². The molecule has 2 heterocycles. The highest BCUT2D eigenvalue weighted by Crippen LogP contribution is 2.23. The molecule has 0 bridgehead atoms. The molecule has 0 spiro atoms. The molecule has 1 aliphatic rings. The number of nitrogens with zero attached hydrogens (tertiary/aromatic N) is 3. The van der Waals surface area contributed by atoms with E-state index in [2.05, 4.69) is 53.5 Å². The lowest BCUT2D eigenvalue weighted by Crippen LogP contribution is -2.36. The second-order valence-electron chi connectivity index (χ2n) is 5.79. The topological polar surface area (TPSA) is 66.1 Å². The highest BCUT2D eigenvalue weighted by atomic mass is 79.9. The lowest BCUT2D eigenvalue weighted by molar-refractivity contribution is 0.122. The summed E-state index contributed by atoms with van der Waals surface area (Å²) in [6.45, 7) is 3.44. The number of nitrogens with one attached hydrogen (secondary N) is 2. The van der Waals surface area contributed by atoms with E-state index < -0.39 is 0 Å². The summed E-state index contributed by atoms with van der Waals surface area (Å²) in [5.41, 5.74) is 3.16. The van der Waals surface area contributed by atoms with Crippen LogP contribution < -0.4 is 10.2 Å². The summed E-state index contributed by atoms with van der Waals surface area (Å²) in [6, 6.07) is 16.2. The summed E-state index contributed by atoms with van der Waals surface area (Å²) in [4.78, 5) is 6.82. The molecule has 6 nitrogen and oxygen atoms in total. The lowest BCUT2D eigenvalue weighted by Gasteiger charge is -2.28. The normalized spacial score (nSPS) is 14.5. The van der Waals surface area contributed by atoms with Gasteiger partial charge in [0.2, 0.25) is 5.95 Å². The van der Waals surface area contributed by atoms with Gasteiger partial charge in [0.05, 0.1) is 13.2 Å². The van der Waals surface area contributed by atoms with Gasteiger partial charge < -0.3 is 15.0 Å². The third-order valence-electron chi connectivity index (χ3n) is 4.10. The second-order valence-corrected chi connectivity index (χ2v) is 6.70. The number of anilines is 3. The van der Waals surface area contributed by atoms with E-state index in [1.54, 1.807) is 0 Å². The molecule has 0 unspecified atom stereocenters. The van der Waals surface area contributed by atoms with E-state index in [1.807, 2.05) is 36.4 Å². The van der Waals surface area contributed by atoms with E-state index >= 15 is 0 Å². The average Bonchev–Trinajstić information content (AvgIpc) is 3.12. The lowest BCUT2D eigenvalue weighted by atomic mass is 10.2. The smallest absolute Gasteiger partial charge is 0.246 e.